The molecule has 0 aliphatic rings. The van der Waals surface area contributed by atoms with E-state index >= 15 is 0 Å². The summed E-state index contributed by atoms with van der Waals surface area (Å²) in [6, 6.07) is 8.28. The SMILES string of the molecule is C=Cc1cccc[c]1[Al]([O]CCCC)[O]CCCC. The Morgan fingerprint density at radius 1 is 1.05 bits per heavy atom. The smallest absolute Gasteiger partial charge is 0.475 e. The fourth-order valence-electron chi connectivity index (χ4n) is 1.81. The molecule has 0 amide bonds. The number of rotatable bonds is 10. The van der Waals surface area contributed by atoms with Gasteiger partial charge in [0.15, 0.2) is 0 Å². The molecule has 1 rings (SSSR count). The second-order valence-corrected chi connectivity index (χ2v) is 6.57. The van der Waals surface area contributed by atoms with E-state index in [0.29, 0.717) is 0 Å². The van der Waals surface area contributed by atoms with Crippen molar-refractivity contribution in [1.29, 1.82) is 0 Å². The van der Waals surface area contributed by atoms with Gasteiger partial charge in [-0.05, 0) is 22.8 Å². The Bertz CT molecular complexity index is 356. The van der Waals surface area contributed by atoms with Crippen molar-refractivity contribution >= 4 is 25.3 Å². The summed E-state index contributed by atoms with van der Waals surface area (Å²) in [6.07, 6.45) is 6.38. The highest BCUT2D eigenvalue weighted by atomic mass is 27.2. The van der Waals surface area contributed by atoms with Gasteiger partial charge in [0.1, 0.15) is 0 Å². The van der Waals surface area contributed by atoms with Gasteiger partial charge in [-0.15, -0.1) is 0 Å². The number of benzene rings is 1. The summed E-state index contributed by atoms with van der Waals surface area (Å²) in [5, 5.41) is 0. The zero-order valence-corrected chi connectivity index (χ0v) is 13.4. The van der Waals surface area contributed by atoms with E-state index in [-0.39, 0.29) is 0 Å². The first-order chi connectivity index (χ1) is 9.33. The van der Waals surface area contributed by atoms with Crippen LogP contribution in [0.4, 0.5) is 0 Å². The van der Waals surface area contributed by atoms with Crippen LogP contribution < -0.4 is 4.43 Å². The molecule has 19 heavy (non-hydrogen) atoms. The van der Waals surface area contributed by atoms with Crippen LogP contribution in [0.5, 0.6) is 0 Å². The van der Waals surface area contributed by atoms with Crippen LogP contribution in [0.25, 0.3) is 6.08 Å². The average molecular weight is 276 g/mol. The monoisotopic (exact) mass is 276 g/mol. The first-order valence-corrected chi connectivity index (χ1v) is 8.80. The van der Waals surface area contributed by atoms with Crippen LogP contribution in [0.15, 0.2) is 30.8 Å². The van der Waals surface area contributed by atoms with Crippen LogP contribution in [-0.2, 0) is 7.58 Å². The van der Waals surface area contributed by atoms with Crippen molar-refractivity contribution in [2.24, 2.45) is 0 Å². The summed E-state index contributed by atoms with van der Waals surface area (Å²) in [7, 11) is 0. The first kappa shape index (κ1) is 16.5. The maximum absolute atomic E-state index is 6.03. The zero-order chi connectivity index (χ0) is 13.9. The molecule has 0 spiro atoms. The predicted molar refractivity (Wildman–Crippen MR) is 83.6 cm³/mol. The van der Waals surface area contributed by atoms with Gasteiger partial charge in [-0.1, -0.05) is 63.6 Å². The first-order valence-electron chi connectivity index (χ1n) is 7.28. The third-order valence-corrected chi connectivity index (χ3v) is 5.11. The zero-order valence-electron chi connectivity index (χ0n) is 12.2. The molecule has 0 saturated heterocycles. The molecule has 104 valence electrons. The maximum atomic E-state index is 6.03. The van der Waals surface area contributed by atoms with E-state index in [2.05, 4.69) is 38.6 Å². The van der Waals surface area contributed by atoms with Crippen LogP contribution in [0.3, 0.4) is 0 Å². The van der Waals surface area contributed by atoms with E-state index < -0.39 is 14.8 Å². The molecule has 0 heterocycles. The molecule has 1 aromatic rings. The van der Waals surface area contributed by atoms with Gasteiger partial charge in [-0.3, -0.25) is 0 Å². The quantitative estimate of drug-likeness (QED) is 0.479. The van der Waals surface area contributed by atoms with E-state index in [1.165, 1.54) is 4.43 Å². The van der Waals surface area contributed by atoms with E-state index in [0.717, 1.165) is 44.5 Å². The van der Waals surface area contributed by atoms with Gasteiger partial charge in [0.25, 0.3) is 0 Å². The Kier molecular flexibility index (Phi) is 8.87. The van der Waals surface area contributed by atoms with Crippen molar-refractivity contribution in [3.63, 3.8) is 0 Å². The molecule has 1 aromatic carbocycles. The second-order valence-electron chi connectivity index (χ2n) is 4.61. The lowest BCUT2D eigenvalue weighted by atomic mass is 10.2. The van der Waals surface area contributed by atoms with E-state index in [1.54, 1.807) is 0 Å². The van der Waals surface area contributed by atoms with Crippen molar-refractivity contribution in [3.05, 3.63) is 36.4 Å². The Morgan fingerprint density at radius 3 is 2.16 bits per heavy atom. The number of hydrogen-bond donors (Lipinski definition) is 0. The minimum atomic E-state index is -1.78. The van der Waals surface area contributed by atoms with Gasteiger partial charge in [-0.2, -0.15) is 0 Å². The van der Waals surface area contributed by atoms with Crippen LogP contribution >= 0.6 is 0 Å². The van der Waals surface area contributed by atoms with E-state index in [4.69, 9.17) is 7.58 Å². The Hall–Kier alpha value is -0.588. The highest BCUT2D eigenvalue weighted by Crippen LogP contribution is 2.04. The molecule has 0 saturated carbocycles. The fourth-order valence-corrected chi connectivity index (χ4v) is 3.78. The minimum Gasteiger partial charge on any atom is -0.475 e. The third kappa shape index (κ3) is 5.93. The molecule has 0 radical (unpaired) electrons. The summed E-state index contributed by atoms with van der Waals surface area (Å²) in [4.78, 5) is 0. The summed E-state index contributed by atoms with van der Waals surface area (Å²) in [5.41, 5.74) is 1.15. The van der Waals surface area contributed by atoms with Crippen molar-refractivity contribution < 1.29 is 7.58 Å². The molecular weight excluding hydrogens is 251 g/mol. The van der Waals surface area contributed by atoms with Crippen molar-refractivity contribution in [2.75, 3.05) is 13.2 Å². The summed E-state index contributed by atoms with van der Waals surface area (Å²) in [6.45, 7) is 9.82. The molecule has 0 aliphatic carbocycles. The molecule has 0 aliphatic heterocycles. The van der Waals surface area contributed by atoms with Crippen molar-refractivity contribution in [3.8, 4) is 0 Å². The highest BCUT2D eigenvalue weighted by molar-refractivity contribution is 6.62. The standard InChI is InChI=1S/C8H7.2C4H9O.Al/c1-2-8-6-4-3-5-7-8;2*1-2-3-4-5;/h2-6H,1H2;2*2-4H2,1H3;/q;2*-1;+2. The molecule has 0 N–H and O–H groups in total. The molecule has 0 unspecified atom stereocenters. The third-order valence-electron chi connectivity index (χ3n) is 3.00. The molecule has 3 heteroatoms. The lowest BCUT2D eigenvalue weighted by Crippen LogP contribution is -2.39. The lowest BCUT2D eigenvalue weighted by Gasteiger charge is -2.15. The molecular formula is C16H25AlO2. The minimum absolute atomic E-state index is 0.797. The number of unbranched alkanes of at least 4 members (excludes halogenated alkanes) is 2. The van der Waals surface area contributed by atoms with Gasteiger partial charge in [-0.25, -0.2) is 0 Å². The highest BCUT2D eigenvalue weighted by Gasteiger charge is 2.29. The molecule has 2 nitrogen and oxygen atoms in total. The Morgan fingerprint density at radius 2 is 1.63 bits per heavy atom. The topological polar surface area (TPSA) is 18.5 Å². The Labute approximate surface area is 122 Å². The summed E-state index contributed by atoms with van der Waals surface area (Å²) < 4.78 is 13.3. The average Bonchev–Trinajstić information content (AvgIpc) is 2.46. The molecule has 0 aromatic heterocycles. The van der Waals surface area contributed by atoms with Crippen LogP contribution in [0, 0.1) is 0 Å². The summed E-state index contributed by atoms with van der Waals surface area (Å²) >= 11 is -1.78. The van der Waals surface area contributed by atoms with Gasteiger partial charge in [0.2, 0.25) is 0 Å². The fraction of sp³-hybridized carbons (Fsp3) is 0.500. The van der Waals surface area contributed by atoms with Gasteiger partial charge >= 0.3 is 14.8 Å². The lowest BCUT2D eigenvalue weighted by molar-refractivity contribution is 0.202. The van der Waals surface area contributed by atoms with E-state index in [9.17, 15) is 0 Å². The maximum Gasteiger partial charge on any atom is 0.718 e. The van der Waals surface area contributed by atoms with Gasteiger partial charge in [0, 0.05) is 13.2 Å². The largest absolute Gasteiger partial charge is 0.718 e. The van der Waals surface area contributed by atoms with Gasteiger partial charge < -0.3 is 7.58 Å². The molecule has 0 fully saturated rings. The second kappa shape index (κ2) is 10.2. The molecule has 0 bridgehead atoms. The van der Waals surface area contributed by atoms with Crippen molar-refractivity contribution in [1.82, 2.24) is 0 Å². The van der Waals surface area contributed by atoms with Crippen LogP contribution in [0.2, 0.25) is 0 Å². The van der Waals surface area contributed by atoms with Crippen LogP contribution in [0.1, 0.15) is 45.1 Å². The summed E-state index contributed by atoms with van der Waals surface area (Å²) in [5.74, 6) is 0. The Balaban J connectivity index is 2.72. The van der Waals surface area contributed by atoms with Crippen molar-refractivity contribution in [2.45, 2.75) is 39.5 Å². The number of hydrogen-bond acceptors (Lipinski definition) is 2. The predicted octanol–water partition coefficient (Wildman–Crippen LogP) is 3.66. The molecule has 0 atom stereocenters. The van der Waals surface area contributed by atoms with E-state index in [1.807, 2.05) is 12.1 Å². The van der Waals surface area contributed by atoms with Gasteiger partial charge in [0.05, 0.1) is 0 Å². The normalized spacial score (nSPS) is 10.4. The van der Waals surface area contributed by atoms with Crippen LogP contribution in [-0.4, -0.2) is 28.0 Å².